The van der Waals surface area contributed by atoms with Gasteiger partial charge in [-0.05, 0) is 55.0 Å². The first kappa shape index (κ1) is 24.3. The number of nitrogens with one attached hydrogen (secondary N) is 2. The normalized spacial score (nSPS) is 10.5. The highest BCUT2D eigenvalue weighted by molar-refractivity contribution is 6.07. The van der Waals surface area contributed by atoms with E-state index < -0.39 is 0 Å². The Morgan fingerprint density at radius 2 is 1.59 bits per heavy atom. The van der Waals surface area contributed by atoms with Crippen LogP contribution >= 0.6 is 0 Å². The van der Waals surface area contributed by atoms with E-state index in [4.69, 9.17) is 9.47 Å². The van der Waals surface area contributed by atoms with E-state index in [-0.39, 0.29) is 24.2 Å². The van der Waals surface area contributed by atoms with Crippen LogP contribution in [0, 0.1) is 0 Å². The molecule has 3 aromatic rings. The van der Waals surface area contributed by atoms with Gasteiger partial charge in [-0.25, -0.2) is 0 Å². The third-order valence-electron chi connectivity index (χ3n) is 4.58. The van der Waals surface area contributed by atoms with E-state index >= 15 is 0 Å². The van der Waals surface area contributed by atoms with Gasteiger partial charge in [-0.2, -0.15) is 0 Å². The van der Waals surface area contributed by atoms with Crippen LogP contribution in [0.1, 0.15) is 29.8 Å². The zero-order chi connectivity index (χ0) is 24.3. The fraction of sp³-hybridized carbons (Fsp3) is 0.148. The highest BCUT2D eigenvalue weighted by atomic mass is 16.5. The fourth-order valence-corrected chi connectivity index (χ4v) is 3.10. The highest BCUT2D eigenvalue weighted by Gasteiger charge is 2.10. The van der Waals surface area contributed by atoms with Crippen LogP contribution in [0.5, 0.6) is 11.5 Å². The smallest absolute Gasteiger partial charge is 0.262 e. The van der Waals surface area contributed by atoms with E-state index in [2.05, 4.69) is 10.6 Å². The van der Waals surface area contributed by atoms with Crippen LogP contribution in [-0.2, 0) is 9.59 Å². The number of hydrogen-bond acceptors (Lipinski definition) is 5. The molecule has 0 unspecified atom stereocenters. The predicted octanol–water partition coefficient (Wildman–Crippen LogP) is 4.96. The molecule has 7 nitrogen and oxygen atoms in total. The van der Waals surface area contributed by atoms with Gasteiger partial charge in [-0.3, -0.25) is 14.4 Å². The number of para-hydroxylation sites is 1. The number of hydrogen-bond donors (Lipinski definition) is 2. The molecule has 0 aliphatic rings. The van der Waals surface area contributed by atoms with Gasteiger partial charge < -0.3 is 20.1 Å². The topological polar surface area (TPSA) is 93.7 Å². The Balaban J connectivity index is 1.66. The first-order valence-corrected chi connectivity index (χ1v) is 10.8. The second-order valence-electron chi connectivity index (χ2n) is 7.30. The van der Waals surface area contributed by atoms with E-state index in [1.165, 1.54) is 13.0 Å². The molecule has 0 saturated carbocycles. The lowest BCUT2D eigenvalue weighted by Crippen LogP contribution is -2.20. The number of amides is 2. The lowest BCUT2D eigenvalue weighted by Gasteiger charge is -2.13. The van der Waals surface area contributed by atoms with Crippen molar-refractivity contribution < 1.29 is 23.9 Å². The third kappa shape index (κ3) is 7.34. The number of rotatable bonds is 10. The van der Waals surface area contributed by atoms with Gasteiger partial charge in [0.05, 0.1) is 6.61 Å². The molecule has 0 radical (unpaired) electrons. The Bertz CT molecular complexity index is 1190. The van der Waals surface area contributed by atoms with Crippen LogP contribution in [0.4, 0.5) is 11.4 Å². The molecule has 2 N–H and O–H groups in total. The molecule has 3 aromatic carbocycles. The number of ether oxygens (including phenoxy) is 2. The number of anilines is 2. The maximum Gasteiger partial charge on any atom is 0.262 e. The quantitative estimate of drug-likeness (QED) is 0.331. The number of ketones is 1. The minimum absolute atomic E-state index is 0.173. The molecule has 0 bridgehead atoms. The molecule has 0 spiro atoms. The molecule has 0 heterocycles. The number of carbonyl (C=O) groups is 3. The summed E-state index contributed by atoms with van der Waals surface area (Å²) in [5, 5.41) is 5.42. The van der Waals surface area contributed by atoms with Crippen molar-refractivity contribution in [2.75, 3.05) is 23.8 Å². The van der Waals surface area contributed by atoms with Crippen molar-refractivity contribution >= 4 is 35.0 Å². The van der Waals surface area contributed by atoms with Crippen molar-refractivity contribution in [3.8, 4) is 11.5 Å². The average Bonchev–Trinajstić information content (AvgIpc) is 2.82. The minimum Gasteiger partial charge on any atom is -0.490 e. The maximum absolute atomic E-state index is 12.6. The zero-order valence-electron chi connectivity index (χ0n) is 19.0. The number of allylic oxidation sites excluding steroid dienone is 1. The van der Waals surface area contributed by atoms with Gasteiger partial charge in [0.2, 0.25) is 5.91 Å². The summed E-state index contributed by atoms with van der Waals surface area (Å²) in [6.07, 6.45) is 3.12. The first-order chi connectivity index (χ1) is 16.4. The van der Waals surface area contributed by atoms with E-state index in [0.29, 0.717) is 35.0 Å². The molecule has 0 aliphatic heterocycles. The Hall–Kier alpha value is -4.39. The van der Waals surface area contributed by atoms with Crippen molar-refractivity contribution in [1.29, 1.82) is 0 Å². The predicted molar refractivity (Wildman–Crippen MR) is 132 cm³/mol. The minimum atomic E-state index is -0.287. The van der Waals surface area contributed by atoms with Gasteiger partial charge in [0.1, 0.15) is 0 Å². The van der Waals surface area contributed by atoms with E-state index in [0.717, 1.165) is 5.56 Å². The lowest BCUT2D eigenvalue weighted by atomic mass is 10.1. The molecular formula is C27H26N2O5. The maximum atomic E-state index is 12.6. The van der Waals surface area contributed by atoms with Crippen molar-refractivity contribution in [3.05, 3.63) is 90.0 Å². The Morgan fingerprint density at radius 3 is 2.32 bits per heavy atom. The summed E-state index contributed by atoms with van der Waals surface area (Å²) in [7, 11) is 0. The summed E-state index contributed by atoms with van der Waals surface area (Å²) in [4.78, 5) is 36.0. The SMILES string of the molecule is CCOc1cc(/C=C/C(=O)c2cccc(NC(C)=O)c2)ccc1OCC(=O)Nc1ccccc1. The molecule has 0 fully saturated rings. The molecule has 174 valence electrons. The van der Waals surface area contributed by atoms with Crippen molar-refractivity contribution in [3.63, 3.8) is 0 Å². The summed E-state index contributed by atoms with van der Waals surface area (Å²) in [6.45, 7) is 3.50. The standard InChI is InChI=1S/C27H26N2O5/c1-3-33-26-16-20(12-14-24(31)21-8-7-11-23(17-21)28-19(2)30)13-15-25(26)34-18-27(32)29-22-9-5-4-6-10-22/h4-17H,3,18H2,1-2H3,(H,28,30)(H,29,32)/b14-12+. The molecule has 34 heavy (non-hydrogen) atoms. The van der Waals surface area contributed by atoms with Crippen molar-refractivity contribution in [2.24, 2.45) is 0 Å². The largest absolute Gasteiger partial charge is 0.490 e. The summed E-state index contributed by atoms with van der Waals surface area (Å²) < 4.78 is 11.3. The van der Waals surface area contributed by atoms with E-state index in [9.17, 15) is 14.4 Å². The third-order valence-corrected chi connectivity index (χ3v) is 4.58. The van der Waals surface area contributed by atoms with Crippen LogP contribution in [0.15, 0.2) is 78.9 Å². The molecule has 0 aliphatic carbocycles. The molecule has 0 aromatic heterocycles. The molecular weight excluding hydrogens is 432 g/mol. The Kier molecular flexibility index (Phi) is 8.57. The number of carbonyl (C=O) groups excluding carboxylic acids is 3. The van der Waals surface area contributed by atoms with Crippen LogP contribution in [0.3, 0.4) is 0 Å². The summed E-state index contributed by atoms with van der Waals surface area (Å²) in [5.41, 5.74) is 2.44. The van der Waals surface area contributed by atoms with Gasteiger partial charge in [0.15, 0.2) is 23.9 Å². The lowest BCUT2D eigenvalue weighted by molar-refractivity contribution is -0.118. The Labute approximate surface area is 198 Å². The average molecular weight is 459 g/mol. The molecule has 0 saturated heterocycles. The first-order valence-electron chi connectivity index (χ1n) is 10.8. The second kappa shape index (κ2) is 12.0. The molecule has 0 atom stereocenters. The molecule has 2 amide bonds. The number of benzene rings is 3. The second-order valence-corrected chi connectivity index (χ2v) is 7.30. The van der Waals surface area contributed by atoms with Crippen LogP contribution < -0.4 is 20.1 Å². The summed E-state index contributed by atoms with van der Waals surface area (Å²) in [5.74, 6) is 0.199. The van der Waals surface area contributed by atoms with Gasteiger partial charge in [-0.1, -0.05) is 42.5 Å². The van der Waals surface area contributed by atoms with Crippen LogP contribution in [0.25, 0.3) is 6.08 Å². The van der Waals surface area contributed by atoms with Gasteiger partial charge in [0, 0.05) is 23.9 Å². The van der Waals surface area contributed by atoms with Gasteiger partial charge >= 0.3 is 0 Å². The zero-order valence-corrected chi connectivity index (χ0v) is 19.0. The van der Waals surface area contributed by atoms with Crippen LogP contribution in [0.2, 0.25) is 0 Å². The van der Waals surface area contributed by atoms with Crippen molar-refractivity contribution in [2.45, 2.75) is 13.8 Å². The van der Waals surface area contributed by atoms with E-state index in [1.807, 2.05) is 25.1 Å². The van der Waals surface area contributed by atoms with Crippen LogP contribution in [-0.4, -0.2) is 30.8 Å². The van der Waals surface area contributed by atoms with Gasteiger partial charge in [-0.15, -0.1) is 0 Å². The summed E-state index contributed by atoms with van der Waals surface area (Å²) in [6, 6.07) is 21.1. The molecule has 7 heteroatoms. The monoisotopic (exact) mass is 458 g/mol. The fourth-order valence-electron chi connectivity index (χ4n) is 3.10. The Morgan fingerprint density at radius 1 is 0.824 bits per heavy atom. The van der Waals surface area contributed by atoms with Crippen molar-refractivity contribution in [1.82, 2.24) is 0 Å². The highest BCUT2D eigenvalue weighted by Crippen LogP contribution is 2.29. The molecule has 3 rings (SSSR count). The van der Waals surface area contributed by atoms with Gasteiger partial charge in [0.25, 0.3) is 5.91 Å². The summed E-state index contributed by atoms with van der Waals surface area (Å²) >= 11 is 0. The van der Waals surface area contributed by atoms with E-state index in [1.54, 1.807) is 60.7 Å².